The van der Waals surface area contributed by atoms with Crippen LogP contribution in [-0.4, -0.2) is 6.21 Å². The maximum atomic E-state index is 4.09. The van der Waals surface area contributed by atoms with E-state index in [1.165, 1.54) is 12.8 Å². The van der Waals surface area contributed by atoms with E-state index in [4.69, 9.17) is 0 Å². The highest BCUT2D eigenvalue weighted by molar-refractivity contribution is 5.70. The van der Waals surface area contributed by atoms with E-state index >= 15 is 0 Å². The number of allylic oxidation sites excluding steroid dienone is 2. The summed E-state index contributed by atoms with van der Waals surface area (Å²) in [5.74, 6) is 6.19. The van der Waals surface area contributed by atoms with E-state index in [0.29, 0.717) is 0 Å². The largest absolute Gasteiger partial charge is 0.264 e. The molecule has 0 fully saturated rings. The summed E-state index contributed by atoms with van der Waals surface area (Å²) in [7, 11) is 0. The maximum Gasteiger partial charge on any atom is 0.0383 e. The molecule has 1 nitrogen and oxygen atoms in total. The highest BCUT2D eigenvalue weighted by atomic mass is 14.7. The van der Waals surface area contributed by atoms with Gasteiger partial charge in [0.25, 0.3) is 0 Å². The summed E-state index contributed by atoms with van der Waals surface area (Å²) < 4.78 is 0. The van der Waals surface area contributed by atoms with Crippen LogP contribution in [0, 0.1) is 11.8 Å². The molecule has 76 valence electrons. The predicted molar refractivity (Wildman–Crippen MR) is 64.4 cm³/mol. The molecule has 0 amide bonds. The SMILES string of the molecule is C=CC=N/C=C(/C#CCC)CCCC. The number of unbranched alkanes of at least 4 members (excludes halogenated alkanes) is 1. The Hall–Kier alpha value is -1.29. The molecule has 0 aliphatic rings. The average molecular weight is 189 g/mol. The van der Waals surface area contributed by atoms with Crippen molar-refractivity contribution in [1.29, 1.82) is 0 Å². The monoisotopic (exact) mass is 189 g/mol. The first kappa shape index (κ1) is 12.7. The average Bonchev–Trinajstić information content (AvgIpc) is 2.21. The fraction of sp³-hybridized carbons (Fsp3) is 0.462. The van der Waals surface area contributed by atoms with E-state index in [9.17, 15) is 0 Å². The highest BCUT2D eigenvalue weighted by Crippen LogP contribution is 2.06. The summed E-state index contributed by atoms with van der Waals surface area (Å²) in [5.41, 5.74) is 1.12. The van der Waals surface area contributed by atoms with Crippen molar-refractivity contribution in [2.75, 3.05) is 0 Å². The third kappa shape index (κ3) is 7.36. The molecule has 0 bridgehead atoms. The molecule has 0 atom stereocenters. The van der Waals surface area contributed by atoms with E-state index in [1.807, 2.05) is 6.20 Å². The zero-order valence-corrected chi connectivity index (χ0v) is 9.21. The summed E-state index contributed by atoms with van der Waals surface area (Å²) in [5, 5.41) is 0. The van der Waals surface area contributed by atoms with E-state index in [0.717, 1.165) is 18.4 Å². The van der Waals surface area contributed by atoms with Crippen LogP contribution in [0.1, 0.15) is 39.5 Å². The van der Waals surface area contributed by atoms with E-state index in [1.54, 1.807) is 12.3 Å². The molecule has 0 spiro atoms. The molecule has 0 radical (unpaired) electrons. The first-order valence-electron chi connectivity index (χ1n) is 5.17. The minimum Gasteiger partial charge on any atom is -0.264 e. The van der Waals surface area contributed by atoms with Crippen LogP contribution in [-0.2, 0) is 0 Å². The second-order valence-electron chi connectivity index (χ2n) is 2.95. The number of nitrogens with zero attached hydrogens (tertiary/aromatic N) is 1. The molecule has 0 unspecified atom stereocenters. The lowest BCUT2D eigenvalue weighted by Crippen LogP contribution is -1.79. The summed E-state index contributed by atoms with van der Waals surface area (Å²) in [6.07, 6.45) is 9.47. The predicted octanol–water partition coefficient (Wildman–Crippen LogP) is 3.73. The normalized spacial score (nSPS) is 11.1. The second kappa shape index (κ2) is 9.80. The Morgan fingerprint density at radius 3 is 2.79 bits per heavy atom. The van der Waals surface area contributed by atoms with Gasteiger partial charge in [0.15, 0.2) is 0 Å². The van der Waals surface area contributed by atoms with Crippen molar-refractivity contribution < 1.29 is 0 Å². The van der Waals surface area contributed by atoms with Crippen LogP contribution in [0.5, 0.6) is 0 Å². The Labute approximate surface area is 87.6 Å². The Morgan fingerprint density at radius 2 is 2.21 bits per heavy atom. The first-order valence-corrected chi connectivity index (χ1v) is 5.17. The smallest absolute Gasteiger partial charge is 0.0383 e. The lowest BCUT2D eigenvalue weighted by Gasteiger charge is -1.95. The second-order valence-corrected chi connectivity index (χ2v) is 2.95. The molecule has 0 N–H and O–H groups in total. The van der Waals surface area contributed by atoms with Crippen LogP contribution < -0.4 is 0 Å². The van der Waals surface area contributed by atoms with Gasteiger partial charge < -0.3 is 0 Å². The molecular weight excluding hydrogens is 170 g/mol. The summed E-state index contributed by atoms with van der Waals surface area (Å²) in [6, 6.07) is 0. The summed E-state index contributed by atoms with van der Waals surface area (Å²) in [4.78, 5) is 4.09. The van der Waals surface area contributed by atoms with Gasteiger partial charge in [0.1, 0.15) is 0 Å². The van der Waals surface area contributed by atoms with Gasteiger partial charge in [-0.2, -0.15) is 0 Å². The van der Waals surface area contributed by atoms with Crippen molar-refractivity contribution in [2.45, 2.75) is 39.5 Å². The van der Waals surface area contributed by atoms with Crippen LogP contribution in [0.2, 0.25) is 0 Å². The molecule has 0 aromatic rings. The molecule has 1 heteroatoms. The quantitative estimate of drug-likeness (QED) is 0.461. The molecule has 0 heterocycles. The van der Waals surface area contributed by atoms with Crippen molar-refractivity contribution in [3.63, 3.8) is 0 Å². The van der Waals surface area contributed by atoms with E-state index in [2.05, 4.69) is 37.3 Å². The molecule has 0 saturated carbocycles. The number of rotatable bonds is 5. The van der Waals surface area contributed by atoms with Gasteiger partial charge in [0.05, 0.1) is 0 Å². The zero-order chi connectivity index (χ0) is 10.6. The lowest BCUT2D eigenvalue weighted by molar-refractivity contribution is 0.799. The molecule has 0 aromatic heterocycles. The van der Waals surface area contributed by atoms with Gasteiger partial charge in [-0.25, -0.2) is 0 Å². The standard InChI is InChI=1S/C13H19N/c1-4-7-9-13(10-8-5-2)12-14-11-6-3/h6,11-12H,3-5,7,9H2,1-2H3/b13-12+,14-11?. The minimum atomic E-state index is 0.897. The van der Waals surface area contributed by atoms with Gasteiger partial charge in [-0.05, 0) is 12.8 Å². The molecule has 0 saturated heterocycles. The Morgan fingerprint density at radius 1 is 1.43 bits per heavy atom. The number of hydrogen-bond acceptors (Lipinski definition) is 1. The van der Waals surface area contributed by atoms with Crippen LogP contribution in [0.3, 0.4) is 0 Å². The van der Waals surface area contributed by atoms with Crippen molar-refractivity contribution in [3.8, 4) is 11.8 Å². The van der Waals surface area contributed by atoms with Gasteiger partial charge in [-0.15, -0.1) is 0 Å². The Bertz CT molecular complexity index is 261. The molecule has 14 heavy (non-hydrogen) atoms. The maximum absolute atomic E-state index is 4.09. The lowest BCUT2D eigenvalue weighted by atomic mass is 10.1. The third-order valence-corrected chi connectivity index (χ3v) is 1.65. The van der Waals surface area contributed by atoms with Gasteiger partial charge >= 0.3 is 0 Å². The first-order chi connectivity index (χ1) is 6.85. The van der Waals surface area contributed by atoms with Gasteiger partial charge in [0.2, 0.25) is 0 Å². The van der Waals surface area contributed by atoms with Crippen molar-refractivity contribution >= 4 is 6.21 Å². The van der Waals surface area contributed by atoms with Crippen LogP contribution >= 0.6 is 0 Å². The molecule has 0 aliphatic heterocycles. The van der Waals surface area contributed by atoms with Crippen LogP contribution in [0.4, 0.5) is 0 Å². The van der Waals surface area contributed by atoms with Crippen LogP contribution in [0.25, 0.3) is 0 Å². The third-order valence-electron chi connectivity index (χ3n) is 1.65. The Balaban J connectivity index is 4.29. The number of aliphatic imine (C=N–C) groups is 1. The van der Waals surface area contributed by atoms with Gasteiger partial charge in [-0.3, -0.25) is 4.99 Å². The molecule has 0 rings (SSSR count). The fourth-order valence-corrected chi connectivity index (χ4v) is 0.922. The highest BCUT2D eigenvalue weighted by Gasteiger charge is 1.90. The molecular formula is C13H19N. The Kier molecular flexibility index (Phi) is 8.89. The van der Waals surface area contributed by atoms with Crippen molar-refractivity contribution in [1.82, 2.24) is 0 Å². The number of hydrogen-bond donors (Lipinski definition) is 0. The topological polar surface area (TPSA) is 12.4 Å². The van der Waals surface area contributed by atoms with Crippen molar-refractivity contribution in [3.05, 3.63) is 24.4 Å². The fourth-order valence-electron chi connectivity index (χ4n) is 0.922. The molecule has 0 aliphatic carbocycles. The van der Waals surface area contributed by atoms with E-state index < -0.39 is 0 Å². The van der Waals surface area contributed by atoms with Gasteiger partial charge in [-0.1, -0.05) is 44.8 Å². The van der Waals surface area contributed by atoms with Crippen molar-refractivity contribution in [2.24, 2.45) is 4.99 Å². The summed E-state index contributed by atoms with van der Waals surface area (Å²) >= 11 is 0. The molecule has 0 aromatic carbocycles. The van der Waals surface area contributed by atoms with Gasteiger partial charge in [0, 0.05) is 24.4 Å². The van der Waals surface area contributed by atoms with Crippen LogP contribution in [0.15, 0.2) is 29.4 Å². The minimum absolute atomic E-state index is 0.897. The summed E-state index contributed by atoms with van der Waals surface area (Å²) in [6.45, 7) is 7.80. The van der Waals surface area contributed by atoms with E-state index in [-0.39, 0.29) is 0 Å². The zero-order valence-electron chi connectivity index (χ0n) is 9.21.